The van der Waals surface area contributed by atoms with Gasteiger partial charge in [0, 0.05) is 10.9 Å². The SMILES string of the molecule is CSc1ccc(Cl)c(C(=O)NC(C)C(C)C)c1. The van der Waals surface area contributed by atoms with Crippen LogP contribution in [0.25, 0.3) is 0 Å². The molecule has 0 spiro atoms. The summed E-state index contributed by atoms with van der Waals surface area (Å²) in [5.41, 5.74) is 0.547. The van der Waals surface area contributed by atoms with E-state index in [1.807, 2.05) is 25.3 Å². The highest BCUT2D eigenvalue weighted by Crippen LogP contribution is 2.23. The Hall–Kier alpha value is -0.670. The van der Waals surface area contributed by atoms with E-state index in [2.05, 4.69) is 19.2 Å². The van der Waals surface area contributed by atoms with Gasteiger partial charge < -0.3 is 5.32 Å². The molecule has 0 saturated carbocycles. The Balaban J connectivity index is 2.88. The number of rotatable bonds is 4. The summed E-state index contributed by atoms with van der Waals surface area (Å²) in [5, 5.41) is 3.45. The van der Waals surface area contributed by atoms with E-state index in [0.29, 0.717) is 16.5 Å². The van der Waals surface area contributed by atoms with E-state index in [1.165, 1.54) is 0 Å². The number of benzene rings is 1. The van der Waals surface area contributed by atoms with Crippen molar-refractivity contribution in [3.8, 4) is 0 Å². The molecule has 0 radical (unpaired) electrons. The molecular formula is C13H18ClNOS. The molecule has 17 heavy (non-hydrogen) atoms. The van der Waals surface area contributed by atoms with Crippen LogP contribution in [0.15, 0.2) is 23.1 Å². The van der Waals surface area contributed by atoms with Gasteiger partial charge in [-0.3, -0.25) is 4.79 Å². The fourth-order valence-electron chi connectivity index (χ4n) is 1.26. The van der Waals surface area contributed by atoms with E-state index in [-0.39, 0.29) is 11.9 Å². The number of nitrogens with one attached hydrogen (secondary N) is 1. The van der Waals surface area contributed by atoms with Crippen molar-refractivity contribution in [1.82, 2.24) is 5.32 Å². The van der Waals surface area contributed by atoms with Crippen LogP contribution in [0.4, 0.5) is 0 Å². The first-order chi connectivity index (χ1) is 7.95. The fraction of sp³-hybridized carbons (Fsp3) is 0.462. The lowest BCUT2D eigenvalue weighted by molar-refractivity contribution is 0.0930. The molecule has 1 aromatic rings. The summed E-state index contributed by atoms with van der Waals surface area (Å²) in [7, 11) is 0. The highest BCUT2D eigenvalue weighted by atomic mass is 35.5. The molecule has 1 N–H and O–H groups in total. The number of amides is 1. The molecule has 2 nitrogen and oxygen atoms in total. The van der Waals surface area contributed by atoms with E-state index in [9.17, 15) is 4.79 Å². The zero-order chi connectivity index (χ0) is 13.0. The molecule has 0 bridgehead atoms. The second-order valence-electron chi connectivity index (χ2n) is 4.35. The van der Waals surface area contributed by atoms with Gasteiger partial charge in [-0.2, -0.15) is 0 Å². The van der Waals surface area contributed by atoms with E-state index in [4.69, 9.17) is 11.6 Å². The average molecular weight is 272 g/mol. The molecule has 1 amide bonds. The van der Waals surface area contributed by atoms with Crippen molar-refractivity contribution in [2.24, 2.45) is 5.92 Å². The zero-order valence-electron chi connectivity index (χ0n) is 10.6. The van der Waals surface area contributed by atoms with E-state index in [1.54, 1.807) is 17.8 Å². The lowest BCUT2D eigenvalue weighted by Crippen LogP contribution is -2.36. The summed E-state index contributed by atoms with van der Waals surface area (Å²) >= 11 is 7.64. The number of hydrogen-bond donors (Lipinski definition) is 1. The highest BCUT2D eigenvalue weighted by Gasteiger charge is 2.15. The largest absolute Gasteiger partial charge is 0.349 e. The number of carbonyl (C=O) groups is 1. The minimum Gasteiger partial charge on any atom is -0.349 e. The summed E-state index contributed by atoms with van der Waals surface area (Å²) in [5.74, 6) is 0.300. The van der Waals surface area contributed by atoms with Crippen molar-refractivity contribution in [3.05, 3.63) is 28.8 Å². The van der Waals surface area contributed by atoms with Crippen LogP contribution in [-0.4, -0.2) is 18.2 Å². The molecule has 0 heterocycles. The highest BCUT2D eigenvalue weighted by molar-refractivity contribution is 7.98. The molecule has 0 aliphatic carbocycles. The second kappa shape index (κ2) is 6.31. The second-order valence-corrected chi connectivity index (χ2v) is 5.64. The van der Waals surface area contributed by atoms with Crippen molar-refractivity contribution in [2.75, 3.05) is 6.26 Å². The Morgan fingerprint density at radius 1 is 1.35 bits per heavy atom. The summed E-state index contributed by atoms with van der Waals surface area (Å²) in [4.78, 5) is 13.1. The molecular weight excluding hydrogens is 254 g/mol. The van der Waals surface area contributed by atoms with Gasteiger partial charge in [-0.1, -0.05) is 25.4 Å². The Morgan fingerprint density at radius 2 is 2.00 bits per heavy atom. The molecule has 4 heteroatoms. The van der Waals surface area contributed by atoms with Crippen molar-refractivity contribution in [2.45, 2.75) is 31.7 Å². The maximum absolute atomic E-state index is 12.0. The van der Waals surface area contributed by atoms with E-state index in [0.717, 1.165) is 4.90 Å². The number of thioether (sulfide) groups is 1. The van der Waals surface area contributed by atoms with Gasteiger partial charge in [0.2, 0.25) is 0 Å². The van der Waals surface area contributed by atoms with Crippen LogP contribution in [0, 0.1) is 5.92 Å². The summed E-state index contributed by atoms with van der Waals surface area (Å²) in [6.45, 7) is 6.14. The summed E-state index contributed by atoms with van der Waals surface area (Å²) in [6, 6.07) is 5.64. The predicted molar refractivity (Wildman–Crippen MR) is 75.0 cm³/mol. The average Bonchev–Trinajstić information content (AvgIpc) is 2.29. The monoisotopic (exact) mass is 271 g/mol. The molecule has 0 saturated heterocycles. The van der Waals surface area contributed by atoms with Crippen LogP contribution in [0.5, 0.6) is 0 Å². The Morgan fingerprint density at radius 3 is 2.53 bits per heavy atom. The van der Waals surface area contributed by atoms with Crippen LogP contribution in [0.1, 0.15) is 31.1 Å². The predicted octanol–water partition coefficient (Wildman–Crippen LogP) is 3.84. The zero-order valence-corrected chi connectivity index (χ0v) is 12.2. The van der Waals surface area contributed by atoms with Crippen LogP contribution >= 0.6 is 23.4 Å². The van der Waals surface area contributed by atoms with Gasteiger partial charge in [0.15, 0.2) is 0 Å². The van der Waals surface area contributed by atoms with Gasteiger partial charge >= 0.3 is 0 Å². The summed E-state index contributed by atoms with van der Waals surface area (Å²) < 4.78 is 0. The van der Waals surface area contributed by atoms with Crippen molar-refractivity contribution in [1.29, 1.82) is 0 Å². The van der Waals surface area contributed by atoms with Gasteiger partial charge in [-0.25, -0.2) is 0 Å². The molecule has 0 aromatic heterocycles. The minimum absolute atomic E-state index is 0.105. The molecule has 1 rings (SSSR count). The van der Waals surface area contributed by atoms with Gasteiger partial charge in [0.05, 0.1) is 10.6 Å². The molecule has 0 aliphatic heterocycles. The minimum atomic E-state index is -0.105. The molecule has 0 fully saturated rings. The third-order valence-electron chi connectivity index (χ3n) is 2.78. The van der Waals surface area contributed by atoms with Crippen LogP contribution in [0.3, 0.4) is 0 Å². The first-order valence-corrected chi connectivity index (χ1v) is 7.20. The molecule has 1 atom stereocenters. The third-order valence-corrected chi connectivity index (χ3v) is 3.83. The quantitative estimate of drug-likeness (QED) is 0.843. The van der Waals surface area contributed by atoms with Crippen molar-refractivity contribution in [3.63, 3.8) is 0 Å². The van der Waals surface area contributed by atoms with Crippen molar-refractivity contribution >= 4 is 29.3 Å². The number of carbonyl (C=O) groups excluding carboxylic acids is 1. The Kier molecular flexibility index (Phi) is 5.34. The standard InChI is InChI=1S/C13H18ClNOS/c1-8(2)9(3)15-13(16)11-7-10(17-4)5-6-12(11)14/h5-9H,1-4H3,(H,15,16). The van der Waals surface area contributed by atoms with Crippen molar-refractivity contribution < 1.29 is 4.79 Å². The first-order valence-electron chi connectivity index (χ1n) is 5.60. The van der Waals surface area contributed by atoms with Gasteiger partial charge in [0.25, 0.3) is 5.91 Å². The maximum atomic E-state index is 12.0. The first kappa shape index (κ1) is 14.4. The lowest BCUT2D eigenvalue weighted by atomic mass is 10.1. The third kappa shape index (κ3) is 3.93. The maximum Gasteiger partial charge on any atom is 0.253 e. The topological polar surface area (TPSA) is 29.1 Å². The lowest BCUT2D eigenvalue weighted by Gasteiger charge is -2.18. The van der Waals surface area contributed by atoms with Crippen LogP contribution in [0.2, 0.25) is 5.02 Å². The molecule has 1 unspecified atom stereocenters. The van der Waals surface area contributed by atoms with Gasteiger partial charge in [-0.05, 0) is 37.3 Å². The normalized spacial score (nSPS) is 12.6. The van der Waals surface area contributed by atoms with Gasteiger partial charge in [0.1, 0.15) is 0 Å². The van der Waals surface area contributed by atoms with Crippen LogP contribution < -0.4 is 5.32 Å². The van der Waals surface area contributed by atoms with Gasteiger partial charge in [-0.15, -0.1) is 11.8 Å². The van der Waals surface area contributed by atoms with E-state index < -0.39 is 0 Å². The van der Waals surface area contributed by atoms with Crippen LogP contribution in [-0.2, 0) is 0 Å². The smallest absolute Gasteiger partial charge is 0.253 e. The Bertz CT molecular complexity index is 406. The molecule has 0 aliphatic rings. The fourth-order valence-corrected chi connectivity index (χ4v) is 1.90. The molecule has 1 aromatic carbocycles. The number of hydrogen-bond acceptors (Lipinski definition) is 2. The Labute approximate surface area is 112 Å². The summed E-state index contributed by atoms with van der Waals surface area (Å²) in [6.07, 6.45) is 1.97. The van der Waals surface area contributed by atoms with E-state index >= 15 is 0 Å². The number of halogens is 1. The molecule has 94 valence electrons.